The lowest BCUT2D eigenvalue weighted by Gasteiger charge is -2.21. The van der Waals surface area contributed by atoms with Crippen molar-refractivity contribution in [3.63, 3.8) is 0 Å². The SMILES string of the molecule is NN(NNC=O)C1CCOC1. The van der Waals surface area contributed by atoms with Crippen LogP contribution >= 0.6 is 0 Å². The van der Waals surface area contributed by atoms with E-state index in [1.54, 1.807) is 0 Å². The van der Waals surface area contributed by atoms with Crippen LogP contribution < -0.4 is 16.8 Å². The predicted molar refractivity (Wildman–Crippen MR) is 37.6 cm³/mol. The molecule has 1 heterocycles. The van der Waals surface area contributed by atoms with Gasteiger partial charge in [0.1, 0.15) is 0 Å². The zero-order chi connectivity index (χ0) is 8.10. The lowest BCUT2D eigenvalue weighted by molar-refractivity contribution is -0.112. The monoisotopic (exact) mass is 160 g/mol. The van der Waals surface area contributed by atoms with Gasteiger partial charge in [-0.25, -0.2) is 0 Å². The van der Waals surface area contributed by atoms with Crippen molar-refractivity contribution in [2.24, 2.45) is 5.84 Å². The van der Waals surface area contributed by atoms with E-state index in [0.29, 0.717) is 13.0 Å². The predicted octanol–water partition coefficient (Wildman–Crippen LogP) is -1.88. The minimum atomic E-state index is 0.141. The van der Waals surface area contributed by atoms with Gasteiger partial charge in [0.25, 0.3) is 0 Å². The van der Waals surface area contributed by atoms with Crippen LogP contribution in [0.1, 0.15) is 6.42 Å². The number of ether oxygens (including phenoxy) is 1. The lowest BCUT2D eigenvalue weighted by Crippen LogP contribution is -2.56. The standard InChI is InChI=1S/C5H12N4O2/c6-9(8-7-4-10)5-1-2-11-3-5/h4-5,8H,1-3,6H2,(H,7,10). The summed E-state index contributed by atoms with van der Waals surface area (Å²) in [4.78, 5) is 9.84. The van der Waals surface area contributed by atoms with Crippen LogP contribution in [0.5, 0.6) is 0 Å². The van der Waals surface area contributed by atoms with Gasteiger partial charge in [-0.15, -0.1) is 0 Å². The van der Waals surface area contributed by atoms with Crippen LogP contribution in [-0.2, 0) is 9.53 Å². The van der Waals surface area contributed by atoms with Gasteiger partial charge in [-0.1, -0.05) is 0 Å². The molecule has 0 spiro atoms. The summed E-state index contributed by atoms with van der Waals surface area (Å²) in [6, 6.07) is 0.141. The summed E-state index contributed by atoms with van der Waals surface area (Å²) in [6.07, 6.45) is 1.40. The first-order chi connectivity index (χ1) is 5.34. The normalized spacial score (nSPS) is 24.0. The molecule has 1 unspecified atom stereocenters. The molecule has 1 aliphatic rings. The van der Waals surface area contributed by atoms with E-state index in [2.05, 4.69) is 11.0 Å². The van der Waals surface area contributed by atoms with Crippen molar-refractivity contribution < 1.29 is 9.53 Å². The summed E-state index contributed by atoms with van der Waals surface area (Å²) >= 11 is 0. The molecule has 1 saturated heterocycles. The van der Waals surface area contributed by atoms with Gasteiger partial charge in [-0.3, -0.25) is 16.1 Å². The Kier molecular flexibility index (Phi) is 3.24. The largest absolute Gasteiger partial charge is 0.380 e. The molecule has 6 heteroatoms. The van der Waals surface area contributed by atoms with Gasteiger partial charge in [0.2, 0.25) is 6.41 Å². The zero-order valence-corrected chi connectivity index (χ0v) is 6.12. The number of nitrogens with one attached hydrogen (secondary N) is 2. The zero-order valence-electron chi connectivity index (χ0n) is 6.12. The van der Waals surface area contributed by atoms with E-state index in [1.807, 2.05) is 0 Å². The highest BCUT2D eigenvalue weighted by atomic mass is 16.5. The van der Waals surface area contributed by atoms with E-state index in [0.717, 1.165) is 13.0 Å². The number of amides is 1. The van der Waals surface area contributed by atoms with Crippen molar-refractivity contribution in [2.75, 3.05) is 13.2 Å². The van der Waals surface area contributed by atoms with Crippen molar-refractivity contribution in [3.05, 3.63) is 0 Å². The summed E-state index contributed by atoms with van der Waals surface area (Å²) in [7, 11) is 0. The third-order valence-electron chi connectivity index (χ3n) is 1.55. The molecule has 1 fully saturated rings. The average molecular weight is 160 g/mol. The summed E-state index contributed by atoms with van der Waals surface area (Å²) < 4.78 is 5.08. The molecule has 11 heavy (non-hydrogen) atoms. The van der Waals surface area contributed by atoms with E-state index < -0.39 is 0 Å². The quantitative estimate of drug-likeness (QED) is 0.255. The lowest BCUT2D eigenvalue weighted by atomic mass is 10.3. The van der Waals surface area contributed by atoms with E-state index in [4.69, 9.17) is 10.6 Å². The fourth-order valence-electron chi connectivity index (χ4n) is 0.934. The molecule has 64 valence electrons. The van der Waals surface area contributed by atoms with Crippen molar-refractivity contribution in [2.45, 2.75) is 12.5 Å². The number of rotatable bonds is 4. The highest BCUT2D eigenvalue weighted by Gasteiger charge is 2.20. The van der Waals surface area contributed by atoms with Crippen LogP contribution in [0, 0.1) is 0 Å². The van der Waals surface area contributed by atoms with Crippen LogP contribution in [0.3, 0.4) is 0 Å². The molecule has 1 aliphatic heterocycles. The molecule has 4 N–H and O–H groups in total. The first-order valence-corrected chi connectivity index (χ1v) is 3.41. The van der Waals surface area contributed by atoms with Crippen LogP contribution in [0.25, 0.3) is 0 Å². The summed E-state index contributed by atoms with van der Waals surface area (Å²) in [5.74, 6) is 5.49. The minimum absolute atomic E-state index is 0.141. The van der Waals surface area contributed by atoms with Gasteiger partial charge in [0.15, 0.2) is 0 Å². The van der Waals surface area contributed by atoms with Crippen molar-refractivity contribution in [1.29, 1.82) is 0 Å². The average Bonchev–Trinajstić information content (AvgIpc) is 2.52. The Morgan fingerprint density at radius 1 is 1.73 bits per heavy atom. The van der Waals surface area contributed by atoms with Crippen LogP contribution in [0.2, 0.25) is 0 Å². The second-order valence-corrected chi connectivity index (χ2v) is 2.30. The smallest absolute Gasteiger partial charge is 0.222 e. The van der Waals surface area contributed by atoms with E-state index in [-0.39, 0.29) is 6.04 Å². The van der Waals surface area contributed by atoms with E-state index in [9.17, 15) is 4.79 Å². The third kappa shape index (κ3) is 2.43. The van der Waals surface area contributed by atoms with Gasteiger partial charge in [-0.2, -0.15) is 10.7 Å². The molecule has 0 bridgehead atoms. The second-order valence-electron chi connectivity index (χ2n) is 2.30. The Hall–Kier alpha value is -0.690. The van der Waals surface area contributed by atoms with Gasteiger partial charge >= 0.3 is 0 Å². The van der Waals surface area contributed by atoms with Crippen molar-refractivity contribution in [3.8, 4) is 0 Å². The molecule has 0 aromatic heterocycles. The Morgan fingerprint density at radius 3 is 3.09 bits per heavy atom. The van der Waals surface area contributed by atoms with Crippen LogP contribution in [-0.4, -0.2) is 30.8 Å². The molecule has 0 aromatic rings. The first-order valence-electron chi connectivity index (χ1n) is 3.41. The highest BCUT2D eigenvalue weighted by Crippen LogP contribution is 2.05. The maximum atomic E-state index is 9.84. The second kappa shape index (κ2) is 4.24. The number of carbonyl (C=O) groups excluding carboxylic acids is 1. The van der Waals surface area contributed by atoms with E-state index >= 15 is 0 Å². The molecule has 1 atom stereocenters. The van der Waals surface area contributed by atoms with Crippen molar-refractivity contribution in [1.82, 2.24) is 16.1 Å². The molecular formula is C5H12N4O2. The molecule has 0 aromatic carbocycles. The minimum Gasteiger partial charge on any atom is -0.380 e. The number of carbonyl (C=O) groups is 1. The molecule has 0 radical (unpaired) electrons. The summed E-state index contributed by atoms with van der Waals surface area (Å²) in [5.41, 5.74) is 4.73. The summed E-state index contributed by atoms with van der Waals surface area (Å²) in [5, 5.41) is 1.33. The molecular weight excluding hydrogens is 148 g/mol. The molecule has 1 amide bonds. The topological polar surface area (TPSA) is 79.6 Å². The molecule has 6 nitrogen and oxygen atoms in total. The third-order valence-corrected chi connectivity index (χ3v) is 1.55. The molecule has 1 rings (SSSR count). The fourth-order valence-corrected chi connectivity index (χ4v) is 0.934. The van der Waals surface area contributed by atoms with Gasteiger partial charge in [0, 0.05) is 6.61 Å². The number of nitrogens with zero attached hydrogens (tertiary/aromatic N) is 1. The summed E-state index contributed by atoms with van der Waals surface area (Å²) in [6.45, 7) is 1.32. The number of hydrogen-bond acceptors (Lipinski definition) is 5. The fraction of sp³-hybridized carbons (Fsp3) is 0.800. The number of nitrogens with two attached hydrogens (primary N) is 1. The van der Waals surface area contributed by atoms with Crippen LogP contribution in [0.4, 0.5) is 0 Å². The Labute approximate surface area is 64.6 Å². The number of hydrazine groups is 3. The molecule has 0 aliphatic carbocycles. The van der Waals surface area contributed by atoms with Gasteiger partial charge < -0.3 is 4.74 Å². The highest BCUT2D eigenvalue weighted by molar-refractivity contribution is 5.44. The maximum Gasteiger partial charge on any atom is 0.222 e. The Morgan fingerprint density at radius 2 is 2.55 bits per heavy atom. The first kappa shape index (κ1) is 8.41. The Bertz CT molecular complexity index is 126. The van der Waals surface area contributed by atoms with Crippen LogP contribution in [0.15, 0.2) is 0 Å². The van der Waals surface area contributed by atoms with E-state index in [1.165, 1.54) is 5.12 Å². The number of hydrogen-bond donors (Lipinski definition) is 3. The maximum absolute atomic E-state index is 9.84. The molecule has 0 saturated carbocycles. The Balaban J connectivity index is 2.16. The van der Waals surface area contributed by atoms with Gasteiger partial charge in [0.05, 0.1) is 12.6 Å². The van der Waals surface area contributed by atoms with Gasteiger partial charge in [-0.05, 0) is 6.42 Å². The van der Waals surface area contributed by atoms with Crippen molar-refractivity contribution >= 4 is 6.41 Å².